The van der Waals surface area contributed by atoms with Crippen LogP contribution >= 0.6 is 34.9 Å². The highest BCUT2D eigenvalue weighted by atomic mass is 32.2. The van der Waals surface area contributed by atoms with E-state index in [4.69, 9.17) is 0 Å². The molecule has 1 aromatic rings. The van der Waals surface area contributed by atoms with Crippen molar-refractivity contribution in [1.82, 2.24) is 0 Å². The van der Waals surface area contributed by atoms with Gasteiger partial charge in [0.2, 0.25) is 0 Å². The van der Waals surface area contributed by atoms with E-state index in [9.17, 15) is 0 Å². The first-order valence-corrected chi connectivity index (χ1v) is 7.87. The Bertz CT molecular complexity index is 354. The Morgan fingerprint density at radius 1 is 1.36 bits per heavy atom. The van der Waals surface area contributed by atoms with Crippen molar-refractivity contribution in [1.29, 1.82) is 0 Å². The first kappa shape index (κ1) is 10.6. The van der Waals surface area contributed by atoms with E-state index in [-0.39, 0.29) is 0 Å². The van der Waals surface area contributed by atoms with Gasteiger partial charge in [-0.1, -0.05) is 0 Å². The lowest BCUT2D eigenvalue weighted by Gasteiger charge is -1.98. The average Bonchev–Trinajstić information content (AvgIpc) is 2.53. The van der Waals surface area contributed by atoms with Gasteiger partial charge < -0.3 is 0 Å². The van der Waals surface area contributed by atoms with Crippen LogP contribution in [0, 0.1) is 0 Å². The topological polar surface area (TPSA) is 12.4 Å². The number of hydrogen-bond acceptors (Lipinski definition) is 4. The molecule has 0 N–H and O–H groups in total. The number of thiophene rings is 1. The highest BCUT2D eigenvalue weighted by Crippen LogP contribution is 2.33. The van der Waals surface area contributed by atoms with Crippen molar-refractivity contribution in [3.63, 3.8) is 0 Å². The zero-order valence-electron chi connectivity index (χ0n) is 8.37. The maximum absolute atomic E-state index is 4.61. The van der Waals surface area contributed by atoms with Crippen molar-refractivity contribution < 1.29 is 0 Å². The summed E-state index contributed by atoms with van der Waals surface area (Å²) in [7, 11) is 0. The van der Waals surface area contributed by atoms with Crippen molar-refractivity contribution >= 4 is 39.9 Å². The smallest absolute Gasteiger partial charge is 0.0985 e. The molecule has 0 bridgehead atoms. The Hall–Kier alpha value is 0.0700. The molecular formula is C10H13NS3. The van der Waals surface area contributed by atoms with Crippen LogP contribution in [0.1, 0.15) is 16.9 Å². The molecule has 2 heterocycles. The Kier molecular flexibility index (Phi) is 3.57. The lowest BCUT2D eigenvalue weighted by atomic mass is 10.2. The summed E-state index contributed by atoms with van der Waals surface area (Å²) in [5.74, 6) is 0. The molecule has 14 heavy (non-hydrogen) atoms. The molecule has 0 radical (unpaired) electrons. The van der Waals surface area contributed by atoms with Gasteiger partial charge in [0.1, 0.15) is 0 Å². The van der Waals surface area contributed by atoms with Crippen molar-refractivity contribution in [3.8, 4) is 0 Å². The first-order chi connectivity index (χ1) is 6.85. The molecule has 2 rings (SSSR count). The van der Waals surface area contributed by atoms with E-state index < -0.39 is 0 Å². The van der Waals surface area contributed by atoms with Gasteiger partial charge in [-0.2, -0.15) is 0 Å². The molecule has 0 atom stereocenters. The van der Waals surface area contributed by atoms with Crippen LogP contribution in [0.3, 0.4) is 0 Å². The fraction of sp³-hybridized carbons (Fsp3) is 0.500. The third kappa shape index (κ3) is 2.02. The van der Waals surface area contributed by atoms with Crippen molar-refractivity contribution in [2.75, 3.05) is 19.1 Å². The maximum atomic E-state index is 4.61. The predicted octanol–water partition coefficient (Wildman–Crippen LogP) is 3.53. The molecule has 0 spiro atoms. The van der Waals surface area contributed by atoms with Crippen LogP contribution in [0.15, 0.2) is 15.3 Å². The van der Waals surface area contributed by atoms with Crippen molar-refractivity contribution in [2.24, 2.45) is 4.99 Å². The van der Waals surface area contributed by atoms with E-state index in [0.29, 0.717) is 0 Å². The van der Waals surface area contributed by atoms with E-state index in [2.05, 4.69) is 23.6 Å². The quantitative estimate of drug-likeness (QED) is 0.700. The summed E-state index contributed by atoms with van der Waals surface area (Å²) in [4.78, 5) is 6.14. The standard InChI is InChI=1S/C10H13NS3/c1-12-9-6-7-8(14-9)4-3-5-11-10(7)13-2/h6H,3-5H2,1-2H3. The fourth-order valence-corrected chi connectivity index (χ4v) is 4.04. The average molecular weight is 243 g/mol. The van der Waals surface area contributed by atoms with Gasteiger partial charge in [-0.25, -0.2) is 0 Å². The molecule has 1 aromatic heterocycles. The number of thioether (sulfide) groups is 2. The van der Waals surface area contributed by atoms with Crippen LogP contribution in [0.2, 0.25) is 0 Å². The highest BCUT2D eigenvalue weighted by molar-refractivity contribution is 8.13. The summed E-state index contributed by atoms with van der Waals surface area (Å²) >= 11 is 5.55. The molecule has 0 aliphatic carbocycles. The first-order valence-electron chi connectivity index (χ1n) is 4.60. The number of hydrogen-bond donors (Lipinski definition) is 0. The van der Waals surface area contributed by atoms with Crippen LogP contribution < -0.4 is 0 Å². The molecule has 1 nitrogen and oxygen atoms in total. The number of fused-ring (bicyclic) bond motifs is 1. The minimum absolute atomic E-state index is 0.992. The third-order valence-electron chi connectivity index (χ3n) is 2.23. The summed E-state index contributed by atoms with van der Waals surface area (Å²) in [6.07, 6.45) is 6.66. The van der Waals surface area contributed by atoms with Crippen LogP contribution in [0.25, 0.3) is 0 Å². The summed E-state index contributed by atoms with van der Waals surface area (Å²) in [5, 5.41) is 1.23. The molecule has 0 fully saturated rings. The van der Waals surface area contributed by atoms with Gasteiger partial charge in [0.05, 0.1) is 9.25 Å². The Morgan fingerprint density at radius 3 is 2.93 bits per heavy atom. The summed E-state index contributed by atoms with van der Waals surface area (Å²) < 4.78 is 1.42. The monoisotopic (exact) mass is 243 g/mol. The Morgan fingerprint density at radius 2 is 2.21 bits per heavy atom. The van der Waals surface area contributed by atoms with E-state index in [1.807, 2.05) is 23.1 Å². The normalized spacial score (nSPS) is 16.0. The van der Waals surface area contributed by atoms with Gasteiger partial charge in [0.25, 0.3) is 0 Å². The largest absolute Gasteiger partial charge is 0.278 e. The summed E-state index contributed by atoms with van der Waals surface area (Å²) in [5.41, 5.74) is 1.39. The molecule has 0 unspecified atom stereocenters. The second-order valence-corrected chi connectivity index (χ2v) is 6.14. The second-order valence-electron chi connectivity index (χ2n) is 3.10. The molecule has 1 aliphatic heterocycles. The van der Waals surface area contributed by atoms with Gasteiger partial charge in [-0.15, -0.1) is 34.9 Å². The number of rotatable bonds is 1. The molecule has 0 aromatic carbocycles. The van der Waals surface area contributed by atoms with E-state index in [0.717, 1.165) is 6.54 Å². The van der Waals surface area contributed by atoms with Crippen LogP contribution in [-0.4, -0.2) is 24.1 Å². The van der Waals surface area contributed by atoms with E-state index in [1.54, 1.807) is 11.8 Å². The zero-order valence-corrected chi connectivity index (χ0v) is 10.8. The number of aryl methyl sites for hydroxylation is 1. The van der Waals surface area contributed by atoms with E-state index >= 15 is 0 Å². The zero-order chi connectivity index (χ0) is 9.97. The lowest BCUT2D eigenvalue weighted by molar-refractivity contribution is 0.855. The van der Waals surface area contributed by atoms with Crippen LogP contribution in [0.5, 0.6) is 0 Å². The molecule has 0 saturated carbocycles. The molecule has 0 amide bonds. The number of nitrogens with zero attached hydrogens (tertiary/aromatic N) is 1. The molecule has 0 saturated heterocycles. The van der Waals surface area contributed by atoms with Gasteiger partial charge in [-0.3, -0.25) is 4.99 Å². The third-order valence-corrected chi connectivity index (χ3v) is 5.22. The molecule has 76 valence electrons. The van der Waals surface area contributed by atoms with Crippen molar-refractivity contribution in [3.05, 3.63) is 16.5 Å². The Labute approximate surface area is 97.4 Å². The van der Waals surface area contributed by atoms with Gasteiger partial charge in [0.15, 0.2) is 0 Å². The van der Waals surface area contributed by atoms with Crippen LogP contribution in [-0.2, 0) is 6.42 Å². The number of aliphatic imine (C=N–C) groups is 1. The lowest BCUT2D eigenvalue weighted by Crippen LogP contribution is -1.93. The van der Waals surface area contributed by atoms with Crippen molar-refractivity contribution in [2.45, 2.75) is 17.1 Å². The molecular weight excluding hydrogens is 230 g/mol. The second kappa shape index (κ2) is 4.73. The minimum Gasteiger partial charge on any atom is -0.278 e. The fourth-order valence-electron chi connectivity index (χ4n) is 1.55. The summed E-state index contributed by atoms with van der Waals surface area (Å²) in [6.45, 7) is 0.992. The molecule has 1 aliphatic rings. The van der Waals surface area contributed by atoms with Crippen LogP contribution in [0.4, 0.5) is 0 Å². The minimum atomic E-state index is 0.992. The highest BCUT2D eigenvalue weighted by Gasteiger charge is 2.15. The van der Waals surface area contributed by atoms with E-state index in [1.165, 1.54) is 32.5 Å². The van der Waals surface area contributed by atoms with Gasteiger partial charge in [-0.05, 0) is 31.4 Å². The Balaban J connectivity index is 2.42. The summed E-state index contributed by atoms with van der Waals surface area (Å²) in [6, 6.07) is 2.30. The molecule has 4 heteroatoms. The predicted molar refractivity (Wildman–Crippen MR) is 69.3 cm³/mol. The van der Waals surface area contributed by atoms with Gasteiger partial charge in [0, 0.05) is 17.0 Å². The maximum Gasteiger partial charge on any atom is 0.0985 e. The van der Waals surface area contributed by atoms with Gasteiger partial charge >= 0.3 is 0 Å². The SMILES string of the molecule is CSC1=NCCCc2sc(SC)cc21.